The molecule has 0 aromatic carbocycles. The van der Waals surface area contributed by atoms with Crippen molar-refractivity contribution in [1.82, 2.24) is 4.57 Å². The first kappa shape index (κ1) is 10.9. The molecule has 1 aliphatic carbocycles. The van der Waals surface area contributed by atoms with Gasteiger partial charge in [0, 0.05) is 25.0 Å². The third-order valence-corrected chi connectivity index (χ3v) is 3.15. The minimum absolute atomic E-state index is 0.138. The molecule has 2 rings (SSSR count). The molecule has 0 spiro atoms. The second kappa shape index (κ2) is 4.51. The first-order chi connectivity index (χ1) is 7.66. The summed E-state index contributed by atoms with van der Waals surface area (Å²) in [5.74, 6) is -0.519. The summed E-state index contributed by atoms with van der Waals surface area (Å²) in [4.78, 5) is 22.1. The molecule has 0 bridgehead atoms. The van der Waals surface area contributed by atoms with Gasteiger partial charge < -0.3 is 9.67 Å². The maximum absolute atomic E-state index is 11.3. The Morgan fingerprint density at radius 1 is 1.44 bits per heavy atom. The first-order valence-electron chi connectivity index (χ1n) is 5.60. The summed E-state index contributed by atoms with van der Waals surface area (Å²) in [6.07, 6.45) is 8.05. The molecule has 4 nitrogen and oxygen atoms in total. The Morgan fingerprint density at radius 2 is 2.12 bits per heavy atom. The van der Waals surface area contributed by atoms with Crippen molar-refractivity contribution in [3.8, 4) is 0 Å². The average Bonchev–Trinajstić information content (AvgIpc) is 2.73. The summed E-state index contributed by atoms with van der Waals surface area (Å²) >= 11 is 0. The summed E-state index contributed by atoms with van der Waals surface area (Å²) in [7, 11) is 0. The average molecular weight is 221 g/mol. The second-order valence-electron chi connectivity index (χ2n) is 4.38. The molecule has 86 valence electrons. The Bertz CT molecular complexity index is 444. The fourth-order valence-electron chi connectivity index (χ4n) is 2.29. The van der Waals surface area contributed by atoms with Crippen molar-refractivity contribution in [2.24, 2.45) is 5.92 Å². The second-order valence-corrected chi connectivity index (χ2v) is 4.38. The quantitative estimate of drug-likeness (QED) is 0.845. The van der Waals surface area contributed by atoms with Crippen LogP contribution in [0.15, 0.2) is 23.3 Å². The Hall–Kier alpha value is -1.58. The SMILES string of the molecule is O=C(O)c1cn(CC2CCCC2)ccc1=O. The van der Waals surface area contributed by atoms with E-state index in [0.29, 0.717) is 5.92 Å². The lowest BCUT2D eigenvalue weighted by molar-refractivity contribution is 0.0694. The molecule has 0 aliphatic heterocycles. The molecule has 4 heteroatoms. The van der Waals surface area contributed by atoms with Gasteiger partial charge in [-0.15, -0.1) is 0 Å². The molecule has 0 atom stereocenters. The predicted octanol–water partition coefficient (Wildman–Crippen LogP) is 1.74. The highest BCUT2D eigenvalue weighted by Gasteiger charge is 2.16. The molecular formula is C12H15NO3. The van der Waals surface area contributed by atoms with Crippen molar-refractivity contribution < 1.29 is 9.90 Å². The van der Waals surface area contributed by atoms with Crippen LogP contribution in [0.25, 0.3) is 0 Å². The van der Waals surface area contributed by atoms with Crippen LogP contribution in [-0.2, 0) is 6.54 Å². The number of carboxylic acid groups (broad SMARTS) is 1. The lowest BCUT2D eigenvalue weighted by Gasteiger charge is -2.12. The van der Waals surface area contributed by atoms with E-state index in [1.807, 2.05) is 4.57 Å². The van der Waals surface area contributed by atoms with Crippen LogP contribution in [0.2, 0.25) is 0 Å². The van der Waals surface area contributed by atoms with Crippen LogP contribution >= 0.6 is 0 Å². The summed E-state index contributed by atoms with van der Waals surface area (Å²) in [5.41, 5.74) is -0.560. The van der Waals surface area contributed by atoms with Crippen LogP contribution in [-0.4, -0.2) is 15.6 Å². The van der Waals surface area contributed by atoms with E-state index < -0.39 is 11.4 Å². The molecule has 0 amide bonds. The summed E-state index contributed by atoms with van der Waals surface area (Å²) in [6, 6.07) is 1.33. The zero-order valence-electron chi connectivity index (χ0n) is 9.06. The molecule has 1 aromatic heterocycles. The lowest BCUT2D eigenvalue weighted by atomic mass is 10.1. The molecule has 1 fully saturated rings. The zero-order valence-corrected chi connectivity index (χ0v) is 9.06. The van der Waals surface area contributed by atoms with Crippen molar-refractivity contribution in [2.75, 3.05) is 0 Å². The Balaban J connectivity index is 2.18. The number of pyridine rings is 1. The highest BCUT2D eigenvalue weighted by atomic mass is 16.4. The predicted molar refractivity (Wildman–Crippen MR) is 59.6 cm³/mol. The molecule has 1 N–H and O–H groups in total. The van der Waals surface area contributed by atoms with Gasteiger partial charge in [0.25, 0.3) is 0 Å². The van der Waals surface area contributed by atoms with E-state index in [-0.39, 0.29) is 5.56 Å². The molecule has 0 saturated heterocycles. The number of carbonyl (C=O) groups is 1. The van der Waals surface area contributed by atoms with Gasteiger partial charge in [0.05, 0.1) is 0 Å². The van der Waals surface area contributed by atoms with Crippen molar-refractivity contribution >= 4 is 5.97 Å². The number of nitrogens with zero attached hydrogens (tertiary/aromatic N) is 1. The Labute approximate surface area is 93.5 Å². The number of aromatic carboxylic acids is 1. The van der Waals surface area contributed by atoms with Gasteiger partial charge in [-0.05, 0) is 18.8 Å². The van der Waals surface area contributed by atoms with E-state index in [4.69, 9.17) is 5.11 Å². The van der Waals surface area contributed by atoms with E-state index in [2.05, 4.69) is 0 Å². The van der Waals surface area contributed by atoms with Gasteiger partial charge in [-0.25, -0.2) is 4.79 Å². The van der Waals surface area contributed by atoms with Crippen LogP contribution < -0.4 is 5.43 Å². The minimum atomic E-state index is -1.15. The number of carboxylic acids is 1. The van der Waals surface area contributed by atoms with E-state index in [1.165, 1.54) is 37.9 Å². The molecule has 1 aliphatic rings. The number of aromatic nitrogens is 1. The van der Waals surface area contributed by atoms with Crippen LogP contribution in [0.3, 0.4) is 0 Å². The van der Waals surface area contributed by atoms with Gasteiger partial charge in [-0.1, -0.05) is 12.8 Å². The smallest absolute Gasteiger partial charge is 0.341 e. The number of hydrogen-bond donors (Lipinski definition) is 1. The summed E-state index contributed by atoms with van der Waals surface area (Å²) in [6.45, 7) is 0.820. The van der Waals surface area contributed by atoms with Gasteiger partial charge in [0.15, 0.2) is 5.43 Å². The number of rotatable bonds is 3. The molecule has 1 aromatic rings. The third kappa shape index (κ3) is 2.32. The molecular weight excluding hydrogens is 206 g/mol. The van der Waals surface area contributed by atoms with Crippen LogP contribution in [0.4, 0.5) is 0 Å². The van der Waals surface area contributed by atoms with Gasteiger partial charge in [-0.3, -0.25) is 4.79 Å². The minimum Gasteiger partial charge on any atom is -0.477 e. The number of hydrogen-bond acceptors (Lipinski definition) is 2. The monoisotopic (exact) mass is 221 g/mol. The Kier molecular flexibility index (Phi) is 3.08. The van der Waals surface area contributed by atoms with Crippen LogP contribution in [0.1, 0.15) is 36.0 Å². The normalized spacial score (nSPS) is 16.5. The van der Waals surface area contributed by atoms with Crippen molar-refractivity contribution in [2.45, 2.75) is 32.2 Å². The van der Waals surface area contributed by atoms with Crippen LogP contribution in [0, 0.1) is 5.92 Å². The third-order valence-electron chi connectivity index (χ3n) is 3.15. The standard InChI is InChI=1S/C12H15NO3/c14-11-5-6-13(8-10(11)12(15)16)7-9-3-1-2-4-9/h5-6,8-9H,1-4,7H2,(H,15,16). The molecule has 1 heterocycles. The van der Waals surface area contributed by atoms with Crippen LogP contribution in [0.5, 0.6) is 0 Å². The molecule has 0 radical (unpaired) electrons. The van der Waals surface area contributed by atoms with E-state index in [0.717, 1.165) is 6.54 Å². The van der Waals surface area contributed by atoms with Gasteiger partial charge in [0.2, 0.25) is 0 Å². The van der Waals surface area contributed by atoms with Crippen molar-refractivity contribution in [3.63, 3.8) is 0 Å². The summed E-state index contributed by atoms with van der Waals surface area (Å²) in [5, 5.41) is 8.84. The topological polar surface area (TPSA) is 59.3 Å². The van der Waals surface area contributed by atoms with Gasteiger partial charge in [0.1, 0.15) is 5.56 Å². The largest absolute Gasteiger partial charge is 0.477 e. The summed E-state index contributed by atoms with van der Waals surface area (Å²) < 4.78 is 1.82. The Morgan fingerprint density at radius 3 is 2.75 bits per heavy atom. The fraction of sp³-hybridized carbons (Fsp3) is 0.500. The molecule has 0 unspecified atom stereocenters. The zero-order chi connectivity index (χ0) is 11.5. The molecule has 16 heavy (non-hydrogen) atoms. The maximum Gasteiger partial charge on any atom is 0.341 e. The highest BCUT2D eigenvalue weighted by molar-refractivity contribution is 5.86. The lowest BCUT2D eigenvalue weighted by Crippen LogP contribution is -2.18. The highest BCUT2D eigenvalue weighted by Crippen LogP contribution is 2.25. The fourth-order valence-corrected chi connectivity index (χ4v) is 2.29. The van der Waals surface area contributed by atoms with E-state index in [9.17, 15) is 9.59 Å². The van der Waals surface area contributed by atoms with E-state index >= 15 is 0 Å². The van der Waals surface area contributed by atoms with Gasteiger partial charge >= 0.3 is 5.97 Å². The molecule has 1 saturated carbocycles. The van der Waals surface area contributed by atoms with E-state index in [1.54, 1.807) is 6.20 Å². The van der Waals surface area contributed by atoms with Gasteiger partial charge in [-0.2, -0.15) is 0 Å². The van der Waals surface area contributed by atoms with Crippen molar-refractivity contribution in [1.29, 1.82) is 0 Å². The first-order valence-corrected chi connectivity index (χ1v) is 5.60. The van der Waals surface area contributed by atoms with Crippen molar-refractivity contribution in [3.05, 3.63) is 34.2 Å². The maximum atomic E-state index is 11.3.